The van der Waals surface area contributed by atoms with Crippen LogP contribution in [0.1, 0.15) is 37.8 Å². The van der Waals surface area contributed by atoms with Gasteiger partial charge in [0.25, 0.3) is 0 Å². The molecule has 1 spiro atoms. The number of amides is 1. The predicted octanol–water partition coefficient (Wildman–Crippen LogP) is 4.35. The Labute approximate surface area is 165 Å². The highest BCUT2D eigenvalue weighted by molar-refractivity contribution is 6.30. The maximum absolute atomic E-state index is 12.6. The SMILES string of the molecule is CN1C(=O)CC2(CC(C)(C)Cc3ccc(-c4cccc(Cl)c4)cc32)N=C1N. The third-order valence-electron chi connectivity index (χ3n) is 5.70. The van der Waals surface area contributed by atoms with E-state index in [0.29, 0.717) is 17.4 Å². The minimum absolute atomic E-state index is 0.0132. The molecule has 2 N–H and O–H groups in total. The zero-order valence-electron chi connectivity index (χ0n) is 15.9. The van der Waals surface area contributed by atoms with Gasteiger partial charge in [-0.3, -0.25) is 9.69 Å². The summed E-state index contributed by atoms with van der Waals surface area (Å²) in [6, 6.07) is 14.3. The molecule has 0 saturated heterocycles. The van der Waals surface area contributed by atoms with E-state index in [0.717, 1.165) is 29.5 Å². The number of hydrogen-bond donors (Lipinski definition) is 1. The molecule has 4 nitrogen and oxygen atoms in total. The Hall–Kier alpha value is -2.33. The number of benzene rings is 2. The Balaban J connectivity index is 1.91. The summed E-state index contributed by atoms with van der Waals surface area (Å²) in [4.78, 5) is 19.0. The van der Waals surface area contributed by atoms with E-state index >= 15 is 0 Å². The molecule has 1 unspecified atom stereocenters. The van der Waals surface area contributed by atoms with Crippen LogP contribution in [-0.2, 0) is 16.8 Å². The van der Waals surface area contributed by atoms with Gasteiger partial charge < -0.3 is 5.73 Å². The van der Waals surface area contributed by atoms with Crippen molar-refractivity contribution in [1.82, 2.24) is 4.90 Å². The van der Waals surface area contributed by atoms with Crippen molar-refractivity contribution in [3.05, 3.63) is 58.6 Å². The van der Waals surface area contributed by atoms with E-state index < -0.39 is 5.54 Å². The Morgan fingerprint density at radius 2 is 1.85 bits per heavy atom. The number of aliphatic imine (C=N–C) groups is 1. The minimum atomic E-state index is -0.598. The van der Waals surface area contributed by atoms with Gasteiger partial charge in [-0.1, -0.05) is 49.7 Å². The summed E-state index contributed by atoms with van der Waals surface area (Å²) in [7, 11) is 1.69. The van der Waals surface area contributed by atoms with Crippen molar-refractivity contribution in [2.75, 3.05) is 7.05 Å². The van der Waals surface area contributed by atoms with E-state index in [-0.39, 0.29) is 11.3 Å². The number of nitrogens with two attached hydrogens (primary N) is 1. The van der Waals surface area contributed by atoms with Crippen molar-refractivity contribution in [3.63, 3.8) is 0 Å². The molecule has 0 fully saturated rings. The number of fused-ring (bicyclic) bond motifs is 2. The van der Waals surface area contributed by atoms with Crippen LogP contribution in [0.15, 0.2) is 47.5 Å². The Morgan fingerprint density at radius 1 is 1.11 bits per heavy atom. The fraction of sp³-hybridized carbons (Fsp3) is 0.364. The molecule has 2 aromatic rings. The second kappa shape index (κ2) is 6.10. The van der Waals surface area contributed by atoms with Crippen LogP contribution in [0.25, 0.3) is 11.1 Å². The molecule has 27 heavy (non-hydrogen) atoms. The summed E-state index contributed by atoms with van der Waals surface area (Å²) in [5.74, 6) is 0.308. The summed E-state index contributed by atoms with van der Waals surface area (Å²) in [5, 5.41) is 0.706. The third-order valence-corrected chi connectivity index (χ3v) is 5.93. The summed E-state index contributed by atoms with van der Waals surface area (Å²) >= 11 is 6.18. The first-order chi connectivity index (χ1) is 12.7. The molecule has 1 heterocycles. The normalized spacial score (nSPS) is 23.9. The molecule has 0 bridgehead atoms. The lowest BCUT2D eigenvalue weighted by Crippen LogP contribution is -2.51. The highest BCUT2D eigenvalue weighted by atomic mass is 35.5. The average Bonchev–Trinajstić information content (AvgIpc) is 2.58. The smallest absolute Gasteiger partial charge is 0.231 e. The van der Waals surface area contributed by atoms with Gasteiger partial charge in [-0.2, -0.15) is 0 Å². The van der Waals surface area contributed by atoms with Crippen LogP contribution in [0.5, 0.6) is 0 Å². The molecule has 2 aliphatic rings. The molecule has 0 aromatic heterocycles. The first-order valence-corrected chi connectivity index (χ1v) is 9.58. The van der Waals surface area contributed by atoms with Crippen molar-refractivity contribution in [3.8, 4) is 11.1 Å². The molecule has 2 aromatic carbocycles. The number of guanidine groups is 1. The molecule has 0 radical (unpaired) electrons. The number of carbonyl (C=O) groups excluding carboxylic acids is 1. The van der Waals surface area contributed by atoms with E-state index in [1.165, 1.54) is 10.5 Å². The van der Waals surface area contributed by atoms with Gasteiger partial charge in [0.15, 0.2) is 5.96 Å². The summed E-state index contributed by atoms with van der Waals surface area (Å²) in [6.07, 6.45) is 2.10. The third kappa shape index (κ3) is 3.12. The molecule has 4 rings (SSSR count). The molecule has 1 aliphatic carbocycles. The van der Waals surface area contributed by atoms with Crippen LogP contribution in [0.4, 0.5) is 0 Å². The van der Waals surface area contributed by atoms with Crippen LogP contribution in [0.3, 0.4) is 0 Å². The fourth-order valence-corrected chi connectivity index (χ4v) is 4.75. The summed E-state index contributed by atoms with van der Waals surface area (Å²) < 4.78 is 0. The highest BCUT2D eigenvalue weighted by Crippen LogP contribution is 2.50. The first-order valence-electron chi connectivity index (χ1n) is 9.20. The quantitative estimate of drug-likeness (QED) is 0.798. The first kappa shape index (κ1) is 18.1. The zero-order chi connectivity index (χ0) is 19.4. The molecule has 1 atom stereocenters. The van der Waals surface area contributed by atoms with Gasteiger partial charge in [0.2, 0.25) is 5.91 Å². The van der Waals surface area contributed by atoms with E-state index in [4.69, 9.17) is 22.3 Å². The van der Waals surface area contributed by atoms with Gasteiger partial charge in [0.05, 0.1) is 12.0 Å². The monoisotopic (exact) mass is 381 g/mol. The summed E-state index contributed by atoms with van der Waals surface area (Å²) in [6.45, 7) is 4.47. The standard InChI is InChI=1S/C22H24ClN3O/c1-21(2)11-16-8-7-15(14-5-4-6-17(23)9-14)10-18(16)22(13-21)12-19(27)26(3)20(24)25-22/h4-10H,11-13H2,1-3H3,(H2,24,25). The lowest BCUT2D eigenvalue weighted by molar-refractivity contribution is -0.129. The number of rotatable bonds is 1. The second-order valence-corrected chi connectivity index (χ2v) is 8.97. The predicted molar refractivity (Wildman–Crippen MR) is 110 cm³/mol. The van der Waals surface area contributed by atoms with Crippen molar-refractivity contribution < 1.29 is 4.79 Å². The van der Waals surface area contributed by atoms with Crippen LogP contribution >= 0.6 is 11.6 Å². The van der Waals surface area contributed by atoms with Gasteiger partial charge in [-0.05, 0) is 58.7 Å². The van der Waals surface area contributed by atoms with Crippen LogP contribution in [-0.4, -0.2) is 23.8 Å². The second-order valence-electron chi connectivity index (χ2n) is 8.53. The van der Waals surface area contributed by atoms with E-state index in [9.17, 15) is 4.79 Å². The van der Waals surface area contributed by atoms with E-state index in [1.54, 1.807) is 7.05 Å². The largest absolute Gasteiger partial charge is 0.369 e. The van der Waals surface area contributed by atoms with Gasteiger partial charge in [0.1, 0.15) is 0 Å². The number of carbonyl (C=O) groups is 1. The molecule has 1 aliphatic heterocycles. The minimum Gasteiger partial charge on any atom is -0.369 e. The molecule has 5 heteroatoms. The van der Waals surface area contributed by atoms with Crippen molar-refractivity contribution in [1.29, 1.82) is 0 Å². The van der Waals surface area contributed by atoms with Crippen molar-refractivity contribution >= 4 is 23.5 Å². The molecule has 1 amide bonds. The van der Waals surface area contributed by atoms with Crippen LogP contribution < -0.4 is 5.73 Å². The van der Waals surface area contributed by atoms with Gasteiger partial charge in [-0.25, -0.2) is 4.99 Å². The maximum atomic E-state index is 12.6. The van der Waals surface area contributed by atoms with Gasteiger partial charge in [0, 0.05) is 12.1 Å². The van der Waals surface area contributed by atoms with Crippen LogP contribution in [0, 0.1) is 5.41 Å². The molecule has 0 saturated carbocycles. The lowest BCUT2D eigenvalue weighted by atomic mass is 9.63. The van der Waals surface area contributed by atoms with Crippen molar-refractivity contribution in [2.45, 2.75) is 38.6 Å². The van der Waals surface area contributed by atoms with Gasteiger partial charge >= 0.3 is 0 Å². The average molecular weight is 382 g/mol. The highest BCUT2D eigenvalue weighted by Gasteiger charge is 2.48. The zero-order valence-corrected chi connectivity index (χ0v) is 16.7. The number of halogens is 1. The van der Waals surface area contributed by atoms with Crippen molar-refractivity contribution in [2.24, 2.45) is 16.1 Å². The maximum Gasteiger partial charge on any atom is 0.231 e. The van der Waals surface area contributed by atoms with Gasteiger partial charge in [-0.15, -0.1) is 0 Å². The number of nitrogens with zero attached hydrogens (tertiary/aromatic N) is 2. The Kier molecular flexibility index (Phi) is 4.08. The topological polar surface area (TPSA) is 58.7 Å². The number of hydrogen-bond acceptors (Lipinski definition) is 3. The fourth-order valence-electron chi connectivity index (χ4n) is 4.56. The molecular formula is C22H24ClN3O. The Bertz CT molecular complexity index is 966. The molecular weight excluding hydrogens is 358 g/mol. The van der Waals surface area contributed by atoms with Crippen LogP contribution in [0.2, 0.25) is 5.02 Å². The Morgan fingerprint density at radius 3 is 2.56 bits per heavy atom. The van der Waals surface area contributed by atoms with E-state index in [2.05, 4.69) is 32.0 Å². The molecule has 140 valence electrons. The summed E-state index contributed by atoms with van der Waals surface area (Å²) in [5.41, 5.74) is 10.1. The lowest BCUT2D eigenvalue weighted by Gasteiger charge is -2.46. The van der Waals surface area contributed by atoms with E-state index in [1.807, 2.05) is 24.3 Å².